The van der Waals surface area contributed by atoms with E-state index < -0.39 is 0 Å². The van der Waals surface area contributed by atoms with E-state index in [1.807, 2.05) is 6.92 Å². The van der Waals surface area contributed by atoms with Gasteiger partial charge in [-0.1, -0.05) is 6.92 Å². The van der Waals surface area contributed by atoms with Gasteiger partial charge in [0.05, 0.1) is 0 Å². The molecule has 0 aliphatic carbocycles. The van der Waals surface area contributed by atoms with Crippen LogP contribution in [0.4, 0.5) is 0 Å². The Bertz CT molecular complexity index is 20.9. The van der Waals surface area contributed by atoms with Crippen LogP contribution < -0.4 is 0 Å². The van der Waals surface area contributed by atoms with Gasteiger partial charge in [0.2, 0.25) is 0 Å². The van der Waals surface area contributed by atoms with Gasteiger partial charge < -0.3 is 0 Å². The molecule has 0 spiro atoms. The molecule has 0 aromatic rings. The zero-order chi connectivity index (χ0) is 4.28. The van der Waals surface area contributed by atoms with Crippen LogP contribution in [-0.4, -0.2) is 11.1 Å². The molecule has 0 N–H and O–H groups in total. The highest BCUT2D eigenvalue weighted by atomic mass is 35.5. The Morgan fingerprint density at radius 3 is 2.20 bits per heavy atom. The number of halogens is 1. The molecule has 0 rings (SSSR count). The molecule has 0 bridgehead atoms. The third-order valence-electron chi connectivity index (χ3n) is 0.223. The second kappa shape index (κ2) is 2.86. The van der Waals surface area contributed by atoms with Crippen molar-refractivity contribution >= 4 is 24.2 Å². The molecule has 0 amide bonds. The largest absolute Gasteiger partial charge is 0.175 e. The molecule has 1 atom stereocenters. The van der Waals surface area contributed by atoms with E-state index in [0.29, 0.717) is 11.1 Å². The van der Waals surface area contributed by atoms with Crippen molar-refractivity contribution in [3.05, 3.63) is 0 Å². The van der Waals surface area contributed by atoms with Crippen LogP contribution in [0.3, 0.4) is 0 Å². The van der Waals surface area contributed by atoms with Crippen LogP contribution in [-0.2, 0) is 0 Å². The third-order valence-corrected chi connectivity index (χ3v) is 1.08. The fraction of sp³-hybridized carbons (Fsp3) is 1.00. The van der Waals surface area contributed by atoms with Crippen molar-refractivity contribution in [3.8, 4) is 0 Å². The van der Waals surface area contributed by atoms with Crippen LogP contribution in [0.1, 0.15) is 6.92 Å². The van der Waals surface area contributed by atoms with Gasteiger partial charge in [0.1, 0.15) is 0 Å². The smallest absolute Gasteiger partial charge is 0.0337 e. The van der Waals surface area contributed by atoms with Crippen molar-refractivity contribution in [2.24, 2.45) is 0 Å². The number of hydrogen-bond donors (Lipinski definition) is 1. The van der Waals surface area contributed by atoms with Crippen LogP contribution in [0.15, 0.2) is 0 Å². The predicted molar refractivity (Wildman–Crippen MR) is 29.2 cm³/mol. The standard InChI is InChI=1S/C3H7ClS/c1-3(5)2-4/h3,5H,2H2,1H3. The average Bonchev–Trinajstić information content (AvgIpc) is 1.38. The summed E-state index contributed by atoms with van der Waals surface area (Å²) in [6.45, 7) is 1.95. The fourth-order valence-corrected chi connectivity index (χ4v) is 0. The van der Waals surface area contributed by atoms with E-state index in [1.54, 1.807) is 0 Å². The number of alkyl halides is 1. The molecule has 0 aromatic carbocycles. The molecule has 0 saturated heterocycles. The minimum absolute atomic E-state index is 0.344. The lowest BCUT2D eigenvalue weighted by molar-refractivity contribution is 1.14. The second-order valence-corrected chi connectivity index (χ2v) is 2.19. The van der Waals surface area contributed by atoms with Crippen molar-refractivity contribution in [2.75, 3.05) is 5.88 Å². The van der Waals surface area contributed by atoms with E-state index >= 15 is 0 Å². The molecule has 0 aliphatic rings. The highest BCUT2D eigenvalue weighted by Crippen LogP contribution is 1.92. The molecule has 0 aliphatic heterocycles. The van der Waals surface area contributed by atoms with Crippen LogP contribution >= 0.6 is 24.2 Å². The molecule has 0 radical (unpaired) electrons. The summed E-state index contributed by atoms with van der Waals surface area (Å²) in [7, 11) is 0. The second-order valence-electron chi connectivity index (χ2n) is 1.00. The van der Waals surface area contributed by atoms with Crippen molar-refractivity contribution < 1.29 is 0 Å². The van der Waals surface area contributed by atoms with Gasteiger partial charge in [0, 0.05) is 11.1 Å². The molecule has 0 nitrogen and oxygen atoms in total. The summed E-state index contributed by atoms with van der Waals surface area (Å²) < 4.78 is 0. The number of hydrogen-bond acceptors (Lipinski definition) is 1. The minimum atomic E-state index is 0.344. The van der Waals surface area contributed by atoms with Crippen molar-refractivity contribution in [2.45, 2.75) is 12.2 Å². The first-order chi connectivity index (χ1) is 2.27. The van der Waals surface area contributed by atoms with Crippen molar-refractivity contribution in [1.29, 1.82) is 0 Å². The van der Waals surface area contributed by atoms with E-state index in [-0.39, 0.29) is 0 Å². The van der Waals surface area contributed by atoms with Gasteiger partial charge >= 0.3 is 0 Å². The maximum atomic E-state index is 5.26. The van der Waals surface area contributed by atoms with Crippen LogP contribution in [0, 0.1) is 0 Å². The number of rotatable bonds is 1. The van der Waals surface area contributed by atoms with E-state index in [4.69, 9.17) is 11.6 Å². The Labute approximate surface area is 42.9 Å². The Morgan fingerprint density at radius 1 is 2.00 bits per heavy atom. The first kappa shape index (κ1) is 5.64. The van der Waals surface area contributed by atoms with E-state index in [9.17, 15) is 0 Å². The summed E-state index contributed by atoms with van der Waals surface area (Å²) in [5.74, 6) is 0.642. The average molecular weight is 111 g/mol. The SMILES string of the molecule is CC(S)CCl. The summed E-state index contributed by atoms with van der Waals surface area (Å²) in [6.07, 6.45) is 0. The molecule has 5 heavy (non-hydrogen) atoms. The summed E-state index contributed by atoms with van der Waals surface area (Å²) in [5.41, 5.74) is 0. The summed E-state index contributed by atoms with van der Waals surface area (Å²) in [4.78, 5) is 0. The normalized spacial score (nSPS) is 15.0. The summed E-state index contributed by atoms with van der Waals surface area (Å²) in [5, 5.41) is 0.344. The number of thiol groups is 1. The topological polar surface area (TPSA) is 0 Å². The lowest BCUT2D eigenvalue weighted by Gasteiger charge is -1.87. The van der Waals surface area contributed by atoms with Gasteiger partial charge in [-0.3, -0.25) is 0 Å². The van der Waals surface area contributed by atoms with Gasteiger partial charge in [0.25, 0.3) is 0 Å². The van der Waals surface area contributed by atoms with Gasteiger partial charge in [-0.2, -0.15) is 12.6 Å². The monoisotopic (exact) mass is 110 g/mol. The molecule has 32 valence electrons. The van der Waals surface area contributed by atoms with Gasteiger partial charge in [-0.25, -0.2) is 0 Å². The van der Waals surface area contributed by atoms with Crippen molar-refractivity contribution in [3.63, 3.8) is 0 Å². The quantitative estimate of drug-likeness (QED) is 0.384. The highest BCUT2D eigenvalue weighted by molar-refractivity contribution is 7.81. The van der Waals surface area contributed by atoms with Crippen LogP contribution in [0.2, 0.25) is 0 Å². The predicted octanol–water partition coefficient (Wildman–Crippen LogP) is 1.54. The Morgan fingerprint density at radius 2 is 2.20 bits per heavy atom. The Balaban J connectivity index is 2.54. The molecule has 0 aromatic heterocycles. The molecular weight excluding hydrogens is 104 g/mol. The third kappa shape index (κ3) is 4.64. The van der Waals surface area contributed by atoms with Crippen molar-refractivity contribution in [1.82, 2.24) is 0 Å². The Hall–Kier alpha value is 0.640. The fourth-order valence-electron chi connectivity index (χ4n) is 0. The molecule has 1 unspecified atom stereocenters. The lowest BCUT2D eigenvalue weighted by Crippen LogP contribution is -1.88. The Kier molecular flexibility index (Phi) is 3.22. The maximum Gasteiger partial charge on any atom is 0.0337 e. The highest BCUT2D eigenvalue weighted by Gasteiger charge is 1.83. The first-order valence-corrected chi connectivity index (χ1v) is 2.56. The van der Waals surface area contributed by atoms with E-state index in [0.717, 1.165) is 0 Å². The molecule has 0 fully saturated rings. The maximum absolute atomic E-state index is 5.26. The minimum Gasteiger partial charge on any atom is -0.175 e. The lowest BCUT2D eigenvalue weighted by atomic mass is 10.6. The molecule has 0 heterocycles. The van der Waals surface area contributed by atoms with E-state index in [2.05, 4.69) is 12.6 Å². The molecule has 2 heteroatoms. The van der Waals surface area contributed by atoms with Crippen LogP contribution in [0.5, 0.6) is 0 Å². The first-order valence-electron chi connectivity index (χ1n) is 1.51. The van der Waals surface area contributed by atoms with E-state index in [1.165, 1.54) is 0 Å². The molecular formula is C3H7ClS. The summed E-state index contributed by atoms with van der Waals surface area (Å²) in [6, 6.07) is 0. The van der Waals surface area contributed by atoms with Crippen LogP contribution in [0.25, 0.3) is 0 Å². The molecule has 0 saturated carbocycles. The zero-order valence-electron chi connectivity index (χ0n) is 3.11. The van der Waals surface area contributed by atoms with Gasteiger partial charge in [-0.05, 0) is 0 Å². The summed E-state index contributed by atoms with van der Waals surface area (Å²) >= 11 is 9.23. The zero-order valence-corrected chi connectivity index (χ0v) is 4.76. The van der Waals surface area contributed by atoms with Gasteiger partial charge in [0.15, 0.2) is 0 Å². The van der Waals surface area contributed by atoms with Gasteiger partial charge in [-0.15, -0.1) is 11.6 Å².